The van der Waals surface area contributed by atoms with Gasteiger partial charge >= 0.3 is 5.97 Å². The number of sulfone groups is 1. The fourth-order valence-electron chi connectivity index (χ4n) is 3.81. The molecule has 7 nitrogen and oxygen atoms in total. The molecule has 1 N–H and O–H groups in total. The SMILES string of the molecule is CCOc1ccnc2c(S(=O)(=O)CCCc3ccccc3C#Cc3ccc(C(=O)O)nc3)cccc12. The number of pyridine rings is 2. The summed E-state index contributed by atoms with van der Waals surface area (Å²) in [4.78, 5) is 19.4. The molecular formula is C28H24N2O5S. The van der Waals surface area contributed by atoms with Crippen molar-refractivity contribution in [2.45, 2.75) is 24.7 Å². The molecule has 0 unspecified atom stereocenters. The van der Waals surface area contributed by atoms with Crippen LogP contribution in [0.2, 0.25) is 0 Å². The van der Waals surface area contributed by atoms with E-state index in [0.717, 1.165) is 11.1 Å². The number of carboxylic acids is 1. The van der Waals surface area contributed by atoms with Gasteiger partial charge in [0.1, 0.15) is 11.4 Å². The molecule has 2 aromatic carbocycles. The third-order valence-corrected chi connectivity index (χ3v) is 7.36. The average molecular weight is 501 g/mol. The second kappa shape index (κ2) is 11.0. The molecule has 4 aromatic rings. The van der Waals surface area contributed by atoms with Crippen LogP contribution in [0, 0.1) is 11.8 Å². The van der Waals surface area contributed by atoms with Gasteiger partial charge in [0.25, 0.3) is 0 Å². The Morgan fingerprint density at radius 2 is 1.83 bits per heavy atom. The van der Waals surface area contributed by atoms with Gasteiger partial charge in [-0.15, -0.1) is 0 Å². The lowest BCUT2D eigenvalue weighted by molar-refractivity contribution is 0.0690. The third-order valence-electron chi connectivity index (χ3n) is 5.53. The van der Waals surface area contributed by atoms with Crippen LogP contribution < -0.4 is 4.74 Å². The van der Waals surface area contributed by atoms with E-state index in [2.05, 4.69) is 21.8 Å². The lowest BCUT2D eigenvalue weighted by Gasteiger charge is -2.11. The number of hydrogen-bond acceptors (Lipinski definition) is 6. The number of benzene rings is 2. The average Bonchev–Trinajstić information content (AvgIpc) is 2.88. The number of aryl methyl sites for hydroxylation is 1. The van der Waals surface area contributed by atoms with Crippen LogP contribution in [0.1, 0.15) is 40.5 Å². The molecule has 182 valence electrons. The summed E-state index contributed by atoms with van der Waals surface area (Å²) >= 11 is 0. The van der Waals surface area contributed by atoms with E-state index >= 15 is 0 Å². The first-order chi connectivity index (χ1) is 17.4. The molecule has 0 saturated heterocycles. The largest absolute Gasteiger partial charge is 0.493 e. The van der Waals surface area contributed by atoms with Crippen LogP contribution in [0.5, 0.6) is 5.75 Å². The summed E-state index contributed by atoms with van der Waals surface area (Å²) in [6.45, 7) is 2.35. The smallest absolute Gasteiger partial charge is 0.354 e. The van der Waals surface area contributed by atoms with E-state index in [4.69, 9.17) is 9.84 Å². The molecule has 0 saturated carbocycles. The Labute approximate surface area is 209 Å². The predicted molar refractivity (Wildman–Crippen MR) is 137 cm³/mol. The van der Waals surface area contributed by atoms with Gasteiger partial charge in [-0.1, -0.05) is 36.1 Å². The lowest BCUT2D eigenvalue weighted by Crippen LogP contribution is -2.09. The Hall–Kier alpha value is -4.22. The molecule has 4 rings (SSSR count). The molecule has 0 aliphatic carbocycles. The number of ether oxygens (including phenoxy) is 1. The van der Waals surface area contributed by atoms with Gasteiger partial charge in [-0.3, -0.25) is 4.98 Å². The van der Waals surface area contributed by atoms with E-state index < -0.39 is 15.8 Å². The van der Waals surface area contributed by atoms with E-state index in [9.17, 15) is 13.2 Å². The maximum Gasteiger partial charge on any atom is 0.354 e. The summed E-state index contributed by atoms with van der Waals surface area (Å²) < 4.78 is 32.1. The maximum atomic E-state index is 13.2. The van der Waals surface area contributed by atoms with Gasteiger partial charge in [0.05, 0.1) is 22.8 Å². The van der Waals surface area contributed by atoms with Gasteiger partial charge in [-0.2, -0.15) is 0 Å². The standard InChI is InChI=1S/C28H24N2O5S/c1-2-35-25-16-17-29-27-23(25)10-5-11-26(27)36(33,34)18-6-9-21-7-3-4-8-22(21)14-12-20-13-15-24(28(31)32)30-19-20/h3-5,7-8,10-11,13,15-17,19H,2,6,9,18H2,1H3,(H,31,32). The van der Waals surface area contributed by atoms with E-state index in [-0.39, 0.29) is 16.3 Å². The zero-order valence-corrected chi connectivity index (χ0v) is 20.5. The molecule has 0 atom stereocenters. The molecule has 0 fully saturated rings. The van der Waals surface area contributed by atoms with Crippen LogP contribution in [0.25, 0.3) is 10.9 Å². The Morgan fingerprint density at radius 3 is 2.58 bits per heavy atom. The van der Waals surface area contributed by atoms with Gasteiger partial charge < -0.3 is 9.84 Å². The van der Waals surface area contributed by atoms with Crippen molar-refractivity contribution in [1.82, 2.24) is 9.97 Å². The molecule has 0 radical (unpaired) electrons. The van der Waals surface area contributed by atoms with Crippen molar-refractivity contribution in [3.05, 3.63) is 95.4 Å². The molecular weight excluding hydrogens is 476 g/mol. The fourth-order valence-corrected chi connectivity index (χ4v) is 5.30. The fraction of sp³-hybridized carbons (Fsp3) is 0.179. The monoisotopic (exact) mass is 500 g/mol. The quantitative estimate of drug-likeness (QED) is 0.354. The molecule has 8 heteroatoms. The highest BCUT2D eigenvalue weighted by Gasteiger charge is 2.19. The van der Waals surface area contributed by atoms with Crippen molar-refractivity contribution in [2.75, 3.05) is 12.4 Å². The zero-order valence-electron chi connectivity index (χ0n) is 19.6. The Balaban J connectivity index is 1.50. The van der Waals surface area contributed by atoms with Crippen molar-refractivity contribution in [1.29, 1.82) is 0 Å². The summed E-state index contributed by atoms with van der Waals surface area (Å²) in [5.41, 5.74) is 2.68. The van der Waals surface area contributed by atoms with E-state index in [1.165, 1.54) is 12.3 Å². The molecule has 2 heterocycles. The first kappa shape index (κ1) is 24.9. The number of carboxylic acid groups (broad SMARTS) is 1. The number of rotatable bonds is 8. The minimum absolute atomic E-state index is 0.0327. The van der Waals surface area contributed by atoms with E-state index in [1.807, 2.05) is 37.3 Å². The van der Waals surface area contributed by atoms with Crippen molar-refractivity contribution in [3.63, 3.8) is 0 Å². The highest BCUT2D eigenvalue weighted by atomic mass is 32.2. The summed E-state index contributed by atoms with van der Waals surface area (Å²) in [5.74, 6) is 5.57. The van der Waals surface area contributed by atoms with Crippen LogP contribution in [-0.4, -0.2) is 41.8 Å². The normalized spacial score (nSPS) is 11.0. The number of hydrogen-bond donors (Lipinski definition) is 1. The second-order valence-corrected chi connectivity index (χ2v) is 10.0. The van der Waals surface area contributed by atoms with Gasteiger partial charge in [0, 0.05) is 28.9 Å². The van der Waals surface area contributed by atoms with Gasteiger partial charge in [-0.25, -0.2) is 18.2 Å². The van der Waals surface area contributed by atoms with Crippen molar-refractivity contribution in [2.24, 2.45) is 0 Å². The molecule has 0 bridgehead atoms. The summed E-state index contributed by atoms with van der Waals surface area (Å²) in [7, 11) is -3.58. The summed E-state index contributed by atoms with van der Waals surface area (Å²) in [6, 6.07) is 17.4. The topological polar surface area (TPSA) is 106 Å². The number of carbonyl (C=O) groups is 1. The molecule has 36 heavy (non-hydrogen) atoms. The Bertz CT molecular complexity index is 1570. The van der Waals surface area contributed by atoms with Gasteiger partial charge in [0.15, 0.2) is 9.84 Å². The van der Waals surface area contributed by atoms with Crippen LogP contribution >= 0.6 is 0 Å². The predicted octanol–water partition coefficient (Wildman–Crippen LogP) is 4.53. The molecule has 0 spiro atoms. The van der Waals surface area contributed by atoms with Crippen LogP contribution in [0.3, 0.4) is 0 Å². The van der Waals surface area contributed by atoms with E-state index in [1.54, 1.807) is 30.5 Å². The van der Waals surface area contributed by atoms with Crippen molar-refractivity contribution in [3.8, 4) is 17.6 Å². The first-order valence-electron chi connectivity index (χ1n) is 11.4. The van der Waals surface area contributed by atoms with Crippen molar-refractivity contribution >= 4 is 26.7 Å². The molecule has 2 aromatic heterocycles. The number of para-hydroxylation sites is 1. The number of fused-ring (bicyclic) bond motifs is 1. The van der Waals surface area contributed by atoms with Crippen LogP contribution in [0.15, 0.2) is 78.0 Å². The Kier molecular flexibility index (Phi) is 7.62. The lowest BCUT2D eigenvalue weighted by atomic mass is 10.0. The molecule has 0 amide bonds. The van der Waals surface area contributed by atoms with E-state index in [0.29, 0.717) is 41.7 Å². The maximum absolute atomic E-state index is 13.2. The highest BCUT2D eigenvalue weighted by Crippen LogP contribution is 2.29. The molecule has 0 aliphatic heterocycles. The van der Waals surface area contributed by atoms with Gasteiger partial charge in [-0.05, 0) is 61.7 Å². The first-order valence-corrected chi connectivity index (χ1v) is 13.1. The number of aromatic nitrogens is 2. The highest BCUT2D eigenvalue weighted by molar-refractivity contribution is 7.91. The minimum atomic E-state index is -3.58. The molecule has 0 aliphatic rings. The summed E-state index contributed by atoms with van der Waals surface area (Å²) in [6.07, 6.45) is 3.92. The van der Waals surface area contributed by atoms with Crippen LogP contribution in [0.4, 0.5) is 0 Å². The van der Waals surface area contributed by atoms with Crippen LogP contribution in [-0.2, 0) is 16.3 Å². The Morgan fingerprint density at radius 1 is 1.00 bits per heavy atom. The minimum Gasteiger partial charge on any atom is -0.493 e. The third kappa shape index (κ3) is 5.70. The number of nitrogens with zero attached hydrogens (tertiary/aromatic N) is 2. The van der Waals surface area contributed by atoms with Crippen molar-refractivity contribution < 1.29 is 23.1 Å². The van der Waals surface area contributed by atoms with Gasteiger partial charge in [0.2, 0.25) is 0 Å². The number of aromatic carboxylic acids is 1. The second-order valence-electron chi connectivity index (χ2n) is 7.96. The summed E-state index contributed by atoms with van der Waals surface area (Å²) in [5, 5.41) is 9.64. The zero-order chi connectivity index (χ0) is 25.5.